The van der Waals surface area contributed by atoms with Crippen LogP contribution in [0.5, 0.6) is 0 Å². The highest BCUT2D eigenvalue weighted by Gasteiger charge is 2.13. The van der Waals surface area contributed by atoms with Crippen molar-refractivity contribution in [3.8, 4) is 0 Å². The summed E-state index contributed by atoms with van der Waals surface area (Å²) in [6.45, 7) is 5.28. The SMILES string of the molecule is CCCCC/C=C\C/C=C\CCCCCCCCC(CCCCCCCC/C=C\C/C=C\CCCCC)N(N)/C=C(\N)CN(C)C. The largest absolute Gasteiger partial charge is 0.400 e. The summed E-state index contributed by atoms with van der Waals surface area (Å²) in [4.78, 5) is 2.10. The van der Waals surface area contributed by atoms with E-state index in [1.54, 1.807) is 0 Å². The summed E-state index contributed by atoms with van der Waals surface area (Å²) in [5.41, 5.74) is 7.12. The first kappa shape index (κ1) is 44.2. The first-order chi connectivity index (χ1) is 22.5. The van der Waals surface area contributed by atoms with E-state index in [-0.39, 0.29) is 0 Å². The van der Waals surface area contributed by atoms with Crippen LogP contribution in [0.2, 0.25) is 0 Å². The van der Waals surface area contributed by atoms with Crippen molar-refractivity contribution < 1.29 is 0 Å². The lowest BCUT2D eigenvalue weighted by Gasteiger charge is -2.27. The third kappa shape index (κ3) is 33.6. The molecule has 0 unspecified atom stereocenters. The predicted molar refractivity (Wildman–Crippen MR) is 209 cm³/mol. The average molecular weight is 641 g/mol. The summed E-state index contributed by atoms with van der Waals surface area (Å²) in [5, 5.41) is 1.93. The van der Waals surface area contributed by atoms with Gasteiger partial charge in [-0.25, -0.2) is 5.84 Å². The number of nitrogens with two attached hydrogens (primary N) is 2. The fourth-order valence-electron chi connectivity index (χ4n) is 5.88. The quantitative estimate of drug-likeness (QED) is 0.0318. The number of hydrogen-bond acceptors (Lipinski definition) is 4. The van der Waals surface area contributed by atoms with E-state index in [0.717, 1.165) is 37.9 Å². The summed E-state index contributed by atoms with van der Waals surface area (Å²) >= 11 is 0. The lowest BCUT2D eigenvalue weighted by Crippen LogP contribution is -2.38. The molecule has 0 spiro atoms. The van der Waals surface area contributed by atoms with Gasteiger partial charge in [-0.2, -0.15) is 0 Å². The number of likely N-dealkylation sites (N-methyl/N-ethyl adjacent to an activating group) is 1. The molecular formula is C42H80N4. The van der Waals surface area contributed by atoms with E-state index < -0.39 is 0 Å². The molecule has 0 aromatic heterocycles. The minimum Gasteiger partial charge on any atom is -0.400 e. The molecule has 0 aromatic rings. The standard InChI is InChI=1S/C42H80N4/c1-5-7-9-11-13-15-17-19-21-23-25-27-29-31-33-35-37-42(46(44)40-41(43)39-45(3)4)38-36-34-32-30-28-26-24-22-20-18-16-14-12-10-8-6-2/h13-16,19-22,40,42H,5-12,17-18,23-39,43-44H2,1-4H3/b15-13-,16-14-,21-19-,22-20-,41-40-. The Morgan fingerprint density at radius 3 is 1.22 bits per heavy atom. The second-order valence-corrected chi connectivity index (χ2v) is 13.8. The molecule has 0 aliphatic carbocycles. The fourth-order valence-corrected chi connectivity index (χ4v) is 5.88. The Hall–Kier alpha value is -1.78. The highest BCUT2D eigenvalue weighted by atomic mass is 15.4. The summed E-state index contributed by atoms with van der Waals surface area (Å²) in [5.74, 6) is 6.56. The topological polar surface area (TPSA) is 58.5 Å². The van der Waals surface area contributed by atoms with Gasteiger partial charge in [0.15, 0.2) is 0 Å². The number of allylic oxidation sites excluding steroid dienone is 8. The number of hydrazine groups is 1. The molecule has 46 heavy (non-hydrogen) atoms. The zero-order chi connectivity index (χ0) is 33.8. The van der Waals surface area contributed by atoms with Crippen LogP contribution in [0.15, 0.2) is 60.5 Å². The number of rotatable bonds is 34. The van der Waals surface area contributed by atoms with Crippen LogP contribution in [0.4, 0.5) is 0 Å². The third-order valence-electron chi connectivity index (χ3n) is 8.71. The molecule has 0 atom stereocenters. The molecule has 0 bridgehead atoms. The first-order valence-corrected chi connectivity index (χ1v) is 19.7. The second-order valence-electron chi connectivity index (χ2n) is 13.8. The molecule has 0 amide bonds. The lowest BCUT2D eigenvalue weighted by atomic mass is 9.99. The minimum atomic E-state index is 0.386. The molecule has 0 rings (SSSR count). The Labute approximate surface area is 288 Å². The minimum absolute atomic E-state index is 0.386. The van der Waals surface area contributed by atoms with Crippen LogP contribution < -0.4 is 11.6 Å². The van der Waals surface area contributed by atoms with Crippen molar-refractivity contribution in [2.75, 3.05) is 20.6 Å². The summed E-state index contributed by atoms with van der Waals surface area (Å²) in [6.07, 6.45) is 54.0. The predicted octanol–water partition coefficient (Wildman–Crippen LogP) is 12.3. The molecule has 0 aliphatic rings. The Bertz CT molecular complexity index is 716. The maximum Gasteiger partial charge on any atom is 0.0446 e. The van der Waals surface area contributed by atoms with Gasteiger partial charge in [0, 0.05) is 24.5 Å². The van der Waals surface area contributed by atoms with Gasteiger partial charge in [-0.3, -0.25) is 0 Å². The van der Waals surface area contributed by atoms with E-state index in [0.29, 0.717) is 6.04 Å². The molecule has 4 nitrogen and oxygen atoms in total. The summed E-state index contributed by atoms with van der Waals surface area (Å²) < 4.78 is 0. The van der Waals surface area contributed by atoms with Gasteiger partial charge >= 0.3 is 0 Å². The summed E-state index contributed by atoms with van der Waals surface area (Å²) in [6, 6.07) is 0.386. The van der Waals surface area contributed by atoms with Crippen LogP contribution in [-0.2, 0) is 0 Å². The maximum atomic E-state index is 6.56. The monoisotopic (exact) mass is 641 g/mol. The van der Waals surface area contributed by atoms with Crippen molar-refractivity contribution in [1.82, 2.24) is 9.91 Å². The van der Waals surface area contributed by atoms with Crippen LogP contribution in [-0.4, -0.2) is 36.6 Å². The first-order valence-electron chi connectivity index (χ1n) is 19.7. The van der Waals surface area contributed by atoms with Crippen molar-refractivity contribution in [2.45, 2.75) is 187 Å². The van der Waals surface area contributed by atoms with Crippen LogP contribution in [0.3, 0.4) is 0 Å². The highest BCUT2D eigenvalue weighted by molar-refractivity contribution is 4.98. The summed E-state index contributed by atoms with van der Waals surface area (Å²) in [7, 11) is 4.10. The molecule has 4 heteroatoms. The van der Waals surface area contributed by atoms with Crippen LogP contribution >= 0.6 is 0 Å². The smallest absolute Gasteiger partial charge is 0.0446 e. The number of unbranched alkanes of at least 4 members (excludes halogenated alkanes) is 18. The molecule has 268 valence electrons. The van der Waals surface area contributed by atoms with E-state index in [2.05, 4.69) is 67.4 Å². The molecule has 4 N–H and O–H groups in total. The molecule has 0 fully saturated rings. The average Bonchev–Trinajstić information content (AvgIpc) is 3.02. The van der Waals surface area contributed by atoms with Gasteiger partial charge in [0.1, 0.15) is 0 Å². The molecular weight excluding hydrogens is 560 g/mol. The fraction of sp³-hybridized carbons (Fsp3) is 0.762. The van der Waals surface area contributed by atoms with Crippen molar-refractivity contribution in [2.24, 2.45) is 11.6 Å². The van der Waals surface area contributed by atoms with Crippen molar-refractivity contribution in [3.05, 3.63) is 60.5 Å². The van der Waals surface area contributed by atoms with E-state index in [9.17, 15) is 0 Å². The number of hydrogen-bond donors (Lipinski definition) is 2. The molecule has 0 saturated carbocycles. The van der Waals surface area contributed by atoms with Crippen LogP contribution in [0.1, 0.15) is 181 Å². The molecule has 0 aromatic carbocycles. The number of nitrogens with zero attached hydrogens (tertiary/aromatic N) is 2. The zero-order valence-electron chi connectivity index (χ0n) is 31.4. The van der Waals surface area contributed by atoms with E-state index >= 15 is 0 Å². The lowest BCUT2D eigenvalue weighted by molar-refractivity contribution is 0.240. The van der Waals surface area contributed by atoms with Gasteiger partial charge in [-0.15, -0.1) is 0 Å². The van der Waals surface area contributed by atoms with E-state index in [1.807, 2.05) is 25.3 Å². The Morgan fingerprint density at radius 1 is 0.500 bits per heavy atom. The normalized spacial score (nSPS) is 12.9. The molecule has 0 aliphatic heterocycles. The van der Waals surface area contributed by atoms with E-state index in [1.165, 1.54) is 141 Å². The van der Waals surface area contributed by atoms with Crippen molar-refractivity contribution >= 4 is 0 Å². The van der Waals surface area contributed by atoms with Gasteiger partial charge in [0.2, 0.25) is 0 Å². The molecule has 0 saturated heterocycles. The van der Waals surface area contributed by atoms with E-state index in [4.69, 9.17) is 11.6 Å². The highest BCUT2D eigenvalue weighted by Crippen LogP contribution is 2.18. The third-order valence-corrected chi connectivity index (χ3v) is 8.71. The van der Waals surface area contributed by atoms with Crippen LogP contribution in [0.25, 0.3) is 0 Å². The van der Waals surface area contributed by atoms with Gasteiger partial charge in [0.05, 0.1) is 0 Å². The molecule has 0 heterocycles. The Kier molecular flexibility index (Phi) is 34.7. The van der Waals surface area contributed by atoms with Gasteiger partial charge in [-0.05, 0) is 91.1 Å². The van der Waals surface area contributed by atoms with Crippen LogP contribution in [0, 0.1) is 0 Å². The zero-order valence-corrected chi connectivity index (χ0v) is 31.4. The van der Waals surface area contributed by atoms with Gasteiger partial charge < -0.3 is 15.6 Å². The second kappa shape index (κ2) is 36.1. The van der Waals surface area contributed by atoms with Gasteiger partial charge in [0.25, 0.3) is 0 Å². The van der Waals surface area contributed by atoms with Crippen molar-refractivity contribution in [3.63, 3.8) is 0 Å². The van der Waals surface area contributed by atoms with Crippen molar-refractivity contribution in [1.29, 1.82) is 0 Å². The maximum absolute atomic E-state index is 6.56. The Morgan fingerprint density at radius 2 is 0.848 bits per heavy atom. The molecule has 0 radical (unpaired) electrons. The van der Waals surface area contributed by atoms with Gasteiger partial charge in [-0.1, -0.05) is 152 Å². The Balaban J connectivity index is 4.12.